The number of halogens is 1. The van der Waals surface area contributed by atoms with Crippen LogP contribution in [0.15, 0.2) is 18.2 Å². The molecule has 0 radical (unpaired) electrons. The van der Waals surface area contributed by atoms with E-state index in [4.69, 9.17) is 23.1 Å². The van der Waals surface area contributed by atoms with Crippen LogP contribution in [-0.2, 0) is 0 Å². The monoisotopic (exact) mass is 256 g/mol. The number of nitrogens with two attached hydrogens (primary N) is 1. The highest BCUT2D eigenvalue weighted by Gasteiger charge is 2.16. The average Bonchev–Trinajstić information content (AvgIpc) is 2.26. The van der Waals surface area contributed by atoms with Crippen LogP contribution in [0.4, 0.5) is 10.1 Å². The van der Waals surface area contributed by atoms with E-state index in [9.17, 15) is 4.39 Å². The SMILES string of the molecule is CC(C)N(CCO)c1ccc(F)cc1C(N)=S. The van der Waals surface area contributed by atoms with Gasteiger partial charge in [-0.25, -0.2) is 4.39 Å². The van der Waals surface area contributed by atoms with Crippen molar-refractivity contribution >= 4 is 22.9 Å². The minimum Gasteiger partial charge on any atom is -0.395 e. The van der Waals surface area contributed by atoms with E-state index in [0.29, 0.717) is 12.1 Å². The van der Waals surface area contributed by atoms with E-state index in [0.717, 1.165) is 5.69 Å². The molecule has 0 spiro atoms. The maximum absolute atomic E-state index is 13.2. The van der Waals surface area contributed by atoms with E-state index >= 15 is 0 Å². The number of rotatable bonds is 5. The molecule has 0 aromatic heterocycles. The predicted molar refractivity (Wildman–Crippen MR) is 71.9 cm³/mol. The van der Waals surface area contributed by atoms with E-state index in [1.807, 2.05) is 18.7 Å². The van der Waals surface area contributed by atoms with Crippen LogP contribution >= 0.6 is 12.2 Å². The summed E-state index contributed by atoms with van der Waals surface area (Å²) in [5.41, 5.74) is 6.85. The highest BCUT2D eigenvalue weighted by atomic mass is 32.1. The zero-order valence-corrected chi connectivity index (χ0v) is 10.8. The number of hydrogen-bond donors (Lipinski definition) is 2. The lowest BCUT2D eigenvalue weighted by Gasteiger charge is -2.30. The molecule has 0 bridgehead atoms. The molecule has 0 unspecified atom stereocenters. The largest absolute Gasteiger partial charge is 0.395 e. The molecule has 1 aromatic rings. The number of benzene rings is 1. The van der Waals surface area contributed by atoms with Gasteiger partial charge in [0.15, 0.2) is 0 Å². The van der Waals surface area contributed by atoms with Gasteiger partial charge in [0.05, 0.1) is 6.61 Å². The normalized spacial score (nSPS) is 10.6. The Balaban J connectivity index is 3.22. The van der Waals surface area contributed by atoms with Crippen LogP contribution in [0.2, 0.25) is 0 Å². The van der Waals surface area contributed by atoms with Gasteiger partial charge in [0.1, 0.15) is 10.8 Å². The molecule has 0 saturated carbocycles. The van der Waals surface area contributed by atoms with Crippen molar-refractivity contribution in [2.24, 2.45) is 5.73 Å². The fourth-order valence-corrected chi connectivity index (χ4v) is 1.88. The summed E-state index contributed by atoms with van der Waals surface area (Å²) in [6, 6.07) is 4.49. The van der Waals surface area contributed by atoms with Crippen molar-refractivity contribution in [2.45, 2.75) is 19.9 Å². The molecule has 0 heterocycles. The Labute approximate surface area is 106 Å². The molecule has 0 atom stereocenters. The molecule has 94 valence electrons. The maximum Gasteiger partial charge on any atom is 0.124 e. The van der Waals surface area contributed by atoms with Gasteiger partial charge in [-0.3, -0.25) is 0 Å². The number of anilines is 1. The van der Waals surface area contributed by atoms with Crippen molar-refractivity contribution in [3.8, 4) is 0 Å². The molecule has 1 rings (SSSR count). The second-order valence-electron chi connectivity index (χ2n) is 4.04. The van der Waals surface area contributed by atoms with Crippen molar-refractivity contribution in [3.63, 3.8) is 0 Å². The van der Waals surface area contributed by atoms with E-state index in [2.05, 4.69) is 0 Å². The highest BCUT2D eigenvalue weighted by Crippen LogP contribution is 2.23. The van der Waals surface area contributed by atoms with Crippen LogP contribution in [0.1, 0.15) is 19.4 Å². The van der Waals surface area contributed by atoms with Gasteiger partial charge in [-0.15, -0.1) is 0 Å². The number of aliphatic hydroxyl groups is 1. The van der Waals surface area contributed by atoms with Gasteiger partial charge in [0.25, 0.3) is 0 Å². The number of thiocarbonyl (C=S) groups is 1. The first-order valence-electron chi connectivity index (χ1n) is 5.44. The lowest BCUT2D eigenvalue weighted by molar-refractivity contribution is 0.299. The van der Waals surface area contributed by atoms with Gasteiger partial charge < -0.3 is 15.7 Å². The number of nitrogens with zero attached hydrogens (tertiary/aromatic N) is 1. The number of aliphatic hydroxyl groups excluding tert-OH is 1. The van der Waals surface area contributed by atoms with Crippen LogP contribution in [0.25, 0.3) is 0 Å². The summed E-state index contributed by atoms with van der Waals surface area (Å²) in [7, 11) is 0. The van der Waals surface area contributed by atoms with Gasteiger partial charge in [-0.2, -0.15) is 0 Å². The fraction of sp³-hybridized carbons (Fsp3) is 0.417. The third-order valence-corrected chi connectivity index (χ3v) is 2.72. The maximum atomic E-state index is 13.2. The topological polar surface area (TPSA) is 49.5 Å². The average molecular weight is 256 g/mol. The summed E-state index contributed by atoms with van der Waals surface area (Å²) in [5.74, 6) is -0.371. The summed E-state index contributed by atoms with van der Waals surface area (Å²) in [5, 5.41) is 9.05. The highest BCUT2D eigenvalue weighted by molar-refractivity contribution is 7.80. The summed E-state index contributed by atoms with van der Waals surface area (Å²) < 4.78 is 13.2. The van der Waals surface area contributed by atoms with Crippen molar-refractivity contribution in [1.29, 1.82) is 0 Å². The minimum atomic E-state index is -0.371. The second kappa shape index (κ2) is 5.93. The molecule has 17 heavy (non-hydrogen) atoms. The molecule has 0 aliphatic carbocycles. The first-order chi connectivity index (χ1) is 7.97. The van der Waals surface area contributed by atoms with E-state index < -0.39 is 0 Å². The Kier molecular flexibility index (Phi) is 4.84. The third-order valence-electron chi connectivity index (χ3n) is 2.50. The molecule has 0 aliphatic heterocycles. The van der Waals surface area contributed by atoms with Gasteiger partial charge >= 0.3 is 0 Å². The second-order valence-corrected chi connectivity index (χ2v) is 4.48. The fourth-order valence-electron chi connectivity index (χ4n) is 1.72. The van der Waals surface area contributed by atoms with Crippen molar-refractivity contribution in [2.75, 3.05) is 18.1 Å². The molecule has 3 N–H and O–H groups in total. The van der Waals surface area contributed by atoms with Crippen molar-refractivity contribution in [3.05, 3.63) is 29.6 Å². The standard InChI is InChI=1S/C12H17FN2OS/c1-8(2)15(5-6-16)11-4-3-9(13)7-10(11)12(14)17/h3-4,7-8,16H,5-6H2,1-2H3,(H2,14,17). The summed E-state index contributed by atoms with van der Waals surface area (Å²) >= 11 is 4.92. The Morgan fingerprint density at radius 1 is 1.53 bits per heavy atom. The third kappa shape index (κ3) is 3.38. The lowest BCUT2D eigenvalue weighted by atomic mass is 10.1. The van der Waals surface area contributed by atoms with E-state index in [1.165, 1.54) is 12.1 Å². The summed E-state index contributed by atoms with van der Waals surface area (Å²) in [6.45, 7) is 4.45. The number of hydrogen-bond acceptors (Lipinski definition) is 3. The van der Waals surface area contributed by atoms with Crippen LogP contribution < -0.4 is 10.6 Å². The molecule has 0 amide bonds. The summed E-state index contributed by atoms with van der Waals surface area (Å²) in [6.07, 6.45) is 0. The quantitative estimate of drug-likeness (QED) is 0.787. The molecular formula is C12H17FN2OS. The Morgan fingerprint density at radius 3 is 2.65 bits per heavy atom. The summed E-state index contributed by atoms with van der Waals surface area (Å²) in [4.78, 5) is 2.09. The minimum absolute atomic E-state index is 0.0202. The van der Waals surface area contributed by atoms with Crippen molar-refractivity contribution < 1.29 is 9.50 Å². The zero-order chi connectivity index (χ0) is 13.0. The smallest absolute Gasteiger partial charge is 0.124 e. The Hall–Kier alpha value is -1.20. The Morgan fingerprint density at radius 2 is 2.18 bits per heavy atom. The molecule has 5 heteroatoms. The molecule has 0 fully saturated rings. The van der Waals surface area contributed by atoms with Crippen LogP contribution in [0.5, 0.6) is 0 Å². The lowest BCUT2D eigenvalue weighted by Crippen LogP contribution is -2.35. The van der Waals surface area contributed by atoms with Gasteiger partial charge in [-0.1, -0.05) is 12.2 Å². The predicted octanol–water partition coefficient (Wildman–Crippen LogP) is 1.67. The van der Waals surface area contributed by atoms with Crippen LogP contribution in [-0.4, -0.2) is 29.3 Å². The first-order valence-corrected chi connectivity index (χ1v) is 5.85. The van der Waals surface area contributed by atoms with Gasteiger partial charge in [0.2, 0.25) is 0 Å². The van der Waals surface area contributed by atoms with Crippen molar-refractivity contribution in [1.82, 2.24) is 0 Å². The molecule has 3 nitrogen and oxygen atoms in total. The zero-order valence-electron chi connectivity index (χ0n) is 9.98. The van der Waals surface area contributed by atoms with Crippen LogP contribution in [0, 0.1) is 5.82 Å². The van der Waals surface area contributed by atoms with E-state index in [-0.39, 0.29) is 23.5 Å². The Bertz CT molecular complexity index is 409. The van der Waals surface area contributed by atoms with Gasteiger partial charge in [0, 0.05) is 23.8 Å². The molecule has 1 aromatic carbocycles. The van der Waals surface area contributed by atoms with Gasteiger partial charge in [-0.05, 0) is 32.0 Å². The first kappa shape index (κ1) is 13.9. The van der Waals surface area contributed by atoms with Crippen LogP contribution in [0.3, 0.4) is 0 Å². The molecule has 0 aliphatic rings. The van der Waals surface area contributed by atoms with E-state index in [1.54, 1.807) is 6.07 Å². The molecule has 0 saturated heterocycles. The molecular weight excluding hydrogens is 239 g/mol.